The molecule has 7 nitrogen and oxygen atoms in total. The van der Waals surface area contributed by atoms with Crippen molar-refractivity contribution < 1.29 is 19.1 Å². The molecule has 1 aromatic carbocycles. The Balaban J connectivity index is 2.13. The maximum atomic E-state index is 12.2. The van der Waals surface area contributed by atoms with E-state index in [2.05, 4.69) is 20.4 Å². The highest BCUT2D eigenvalue weighted by Gasteiger charge is 2.21. The molecule has 2 aromatic rings. The number of amides is 2. The van der Waals surface area contributed by atoms with Gasteiger partial charge in [-0.05, 0) is 11.6 Å². The third-order valence-electron chi connectivity index (χ3n) is 3.43. The third-order valence-corrected chi connectivity index (χ3v) is 3.43. The first-order valence-electron chi connectivity index (χ1n) is 7.18. The van der Waals surface area contributed by atoms with E-state index in [1.54, 1.807) is 0 Å². The van der Waals surface area contributed by atoms with E-state index in [4.69, 9.17) is 0 Å². The smallest absolute Gasteiger partial charge is 0.325 e. The van der Waals surface area contributed by atoms with E-state index >= 15 is 0 Å². The Morgan fingerprint density at radius 1 is 1.26 bits per heavy atom. The fourth-order valence-electron chi connectivity index (χ4n) is 2.33. The number of hydrogen-bond donors (Lipinski definition) is 3. The molecule has 7 heteroatoms. The topological polar surface area (TPSA) is 100 Å². The predicted octanol–water partition coefficient (Wildman–Crippen LogP) is 0.504. The van der Waals surface area contributed by atoms with Gasteiger partial charge in [0.25, 0.3) is 0 Å². The van der Waals surface area contributed by atoms with Crippen LogP contribution in [0.25, 0.3) is 10.9 Å². The molecule has 2 amide bonds. The summed E-state index contributed by atoms with van der Waals surface area (Å²) in [5.41, 5.74) is 1.87. The summed E-state index contributed by atoms with van der Waals surface area (Å²) >= 11 is 0. The molecule has 0 aliphatic rings. The van der Waals surface area contributed by atoms with Gasteiger partial charge in [-0.3, -0.25) is 14.4 Å². The number of aromatic nitrogens is 1. The lowest BCUT2D eigenvalue weighted by Crippen LogP contribution is -2.48. The van der Waals surface area contributed by atoms with Crippen molar-refractivity contribution in [3.05, 3.63) is 36.0 Å². The number of esters is 1. The van der Waals surface area contributed by atoms with Gasteiger partial charge in [-0.2, -0.15) is 0 Å². The van der Waals surface area contributed by atoms with E-state index < -0.39 is 17.9 Å². The molecule has 0 aliphatic heterocycles. The van der Waals surface area contributed by atoms with Crippen molar-refractivity contribution >= 4 is 28.7 Å². The molecule has 0 saturated heterocycles. The van der Waals surface area contributed by atoms with Crippen molar-refractivity contribution in [2.24, 2.45) is 0 Å². The molecule has 3 N–H and O–H groups in total. The maximum absolute atomic E-state index is 12.2. The van der Waals surface area contributed by atoms with E-state index in [0.717, 1.165) is 16.5 Å². The number of benzene rings is 1. The molecule has 0 fully saturated rings. The number of rotatable bonds is 6. The fourth-order valence-corrected chi connectivity index (χ4v) is 2.33. The molecule has 0 saturated carbocycles. The molecule has 122 valence electrons. The normalized spacial score (nSPS) is 11.7. The summed E-state index contributed by atoms with van der Waals surface area (Å²) in [6.07, 6.45) is 2.13. The summed E-state index contributed by atoms with van der Waals surface area (Å²) < 4.78 is 4.48. The second kappa shape index (κ2) is 7.44. The molecule has 2 rings (SSSR count). The average molecular weight is 317 g/mol. The number of aromatic amines is 1. The number of H-pyrrole nitrogens is 1. The van der Waals surface area contributed by atoms with Gasteiger partial charge in [0.05, 0.1) is 7.11 Å². The van der Waals surface area contributed by atoms with Gasteiger partial charge >= 0.3 is 5.97 Å². The molecule has 23 heavy (non-hydrogen) atoms. The summed E-state index contributed by atoms with van der Waals surface area (Å²) in [4.78, 5) is 37.8. The zero-order chi connectivity index (χ0) is 16.8. The standard InChI is InChI=1S/C16H19N3O4/c1-10(20)19-14(16(22)18-9-15(21)23-2)7-11-8-17-13-6-4-3-5-12(11)13/h3-6,8,14,17H,7,9H2,1-2H3,(H,18,22)(H,19,20). The monoisotopic (exact) mass is 317 g/mol. The third kappa shape index (κ3) is 4.32. The minimum atomic E-state index is -0.767. The van der Waals surface area contributed by atoms with Crippen LogP contribution in [0.1, 0.15) is 12.5 Å². The van der Waals surface area contributed by atoms with Crippen molar-refractivity contribution in [1.82, 2.24) is 15.6 Å². The van der Waals surface area contributed by atoms with Gasteiger partial charge in [-0.15, -0.1) is 0 Å². The number of carbonyl (C=O) groups is 3. The molecule has 1 heterocycles. The lowest BCUT2D eigenvalue weighted by Gasteiger charge is -2.17. The summed E-state index contributed by atoms with van der Waals surface area (Å²) in [5.74, 6) is -1.30. The summed E-state index contributed by atoms with van der Waals surface area (Å²) in [5, 5.41) is 6.06. The Kier molecular flexibility index (Phi) is 5.35. The summed E-state index contributed by atoms with van der Waals surface area (Å²) in [7, 11) is 1.24. The van der Waals surface area contributed by atoms with E-state index in [1.165, 1.54) is 14.0 Å². The number of hydrogen-bond acceptors (Lipinski definition) is 4. The van der Waals surface area contributed by atoms with E-state index in [0.29, 0.717) is 6.42 Å². The molecule has 0 radical (unpaired) electrons. The van der Waals surface area contributed by atoms with Crippen LogP contribution in [0.2, 0.25) is 0 Å². The lowest BCUT2D eigenvalue weighted by molar-refractivity contribution is -0.141. The van der Waals surface area contributed by atoms with Crippen molar-refractivity contribution in [3.8, 4) is 0 Å². The van der Waals surface area contributed by atoms with Crippen LogP contribution in [-0.4, -0.2) is 42.5 Å². The largest absolute Gasteiger partial charge is 0.468 e. The minimum Gasteiger partial charge on any atom is -0.468 e. The van der Waals surface area contributed by atoms with Crippen LogP contribution in [0.4, 0.5) is 0 Å². The van der Waals surface area contributed by atoms with E-state index in [-0.39, 0.29) is 12.5 Å². The van der Waals surface area contributed by atoms with Gasteiger partial charge in [0.1, 0.15) is 12.6 Å². The predicted molar refractivity (Wildman–Crippen MR) is 84.6 cm³/mol. The molecule has 0 aliphatic carbocycles. The van der Waals surface area contributed by atoms with Crippen LogP contribution >= 0.6 is 0 Å². The summed E-state index contributed by atoms with van der Waals surface area (Å²) in [6, 6.07) is 6.93. The average Bonchev–Trinajstić information content (AvgIpc) is 2.94. The maximum Gasteiger partial charge on any atom is 0.325 e. The second-order valence-electron chi connectivity index (χ2n) is 5.11. The van der Waals surface area contributed by atoms with Crippen molar-refractivity contribution in [3.63, 3.8) is 0 Å². The highest BCUT2D eigenvalue weighted by Crippen LogP contribution is 2.19. The Hall–Kier alpha value is -2.83. The van der Waals surface area contributed by atoms with Gasteiger partial charge in [-0.25, -0.2) is 0 Å². The zero-order valence-corrected chi connectivity index (χ0v) is 13.0. The molecule has 1 unspecified atom stereocenters. The van der Waals surface area contributed by atoms with Gasteiger partial charge in [0, 0.05) is 30.4 Å². The molecule has 1 atom stereocenters. The minimum absolute atomic E-state index is 0.237. The Morgan fingerprint density at radius 2 is 2.00 bits per heavy atom. The first kappa shape index (κ1) is 16.5. The van der Waals surface area contributed by atoms with E-state index in [1.807, 2.05) is 30.5 Å². The van der Waals surface area contributed by atoms with Crippen LogP contribution in [0.5, 0.6) is 0 Å². The second-order valence-corrected chi connectivity index (χ2v) is 5.11. The summed E-state index contributed by atoms with van der Waals surface area (Å²) in [6.45, 7) is 1.11. The van der Waals surface area contributed by atoms with E-state index in [9.17, 15) is 14.4 Å². The Bertz CT molecular complexity index is 723. The SMILES string of the molecule is COC(=O)CNC(=O)C(Cc1c[nH]c2ccccc12)NC(C)=O. The van der Waals surface area contributed by atoms with Crippen molar-refractivity contribution in [1.29, 1.82) is 0 Å². The number of carbonyl (C=O) groups excluding carboxylic acids is 3. The number of methoxy groups -OCH3 is 1. The number of ether oxygens (including phenoxy) is 1. The highest BCUT2D eigenvalue weighted by molar-refractivity contribution is 5.90. The molecule has 0 bridgehead atoms. The number of para-hydroxylation sites is 1. The fraction of sp³-hybridized carbons (Fsp3) is 0.312. The van der Waals surface area contributed by atoms with Crippen LogP contribution in [0, 0.1) is 0 Å². The van der Waals surface area contributed by atoms with Gasteiger partial charge in [0.2, 0.25) is 11.8 Å². The molecular formula is C16H19N3O4. The number of fused-ring (bicyclic) bond motifs is 1. The highest BCUT2D eigenvalue weighted by atomic mass is 16.5. The lowest BCUT2D eigenvalue weighted by atomic mass is 10.0. The van der Waals surface area contributed by atoms with Gasteiger partial charge < -0.3 is 20.4 Å². The first-order chi connectivity index (χ1) is 11.0. The number of nitrogens with one attached hydrogen (secondary N) is 3. The zero-order valence-electron chi connectivity index (χ0n) is 13.0. The molecule has 1 aromatic heterocycles. The molecule has 0 spiro atoms. The Morgan fingerprint density at radius 3 is 2.70 bits per heavy atom. The van der Waals surface area contributed by atoms with Crippen LogP contribution in [0.15, 0.2) is 30.5 Å². The van der Waals surface area contributed by atoms with Crippen LogP contribution in [0.3, 0.4) is 0 Å². The van der Waals surface area contributed by atoms with Gasteiger partial charge in [-0.1, -0.05) is 18.2 Å². The van der Waals surface area contributed by atoms with Crippen LogP contribution < -0.4 is 10.6 Å². The van der Waals surface area contributed by atoms with Crippen molar-refractivity contribution in [2.75, 3.05) is 13.7 Å². The van der Waals surface area contributed by atoms with Gasteiger partial charge in [0.15, 0.2) is 0 Å². The van der Waals surface area contributed by atoms with Crippen LogP contribution in [-0.2, 0) is 25.5 Å². The molecular weight excluding hydrogens is 298 g/mol. The first-order valence-corrected chi connectivity index (χ1v) is 7.18. The van der Waals surface area contributed by atoms with Crippen molar-refractivity contribution in [2.45, 2.75) is 19.4 Å². The quantitative estimate of drug-likeness (QED) is 0.676. The Labute approximate surface area is 133 Å².